The molecule has 2 aromatic rings. The zero-order valence-electron chi connectivity index (χ0n) is 16.9. The van der Waals surface area contributed by atoms with Gasteiger partial charge in [0.15, 0.2) is 0 Å². The number of amides is 3. The number of imide groups is 1. The number of benzene rings is 2. The smallest absolute Gasteiger partial charge is 0.407 e. The summed E-state index contributed by atoms with van der Waals surface area (Å²) in [4.78, 5) is 53.6. The van der Waals surface area contributed by atoms with E-state index in [1.165, 1.54) is 24.3 Å². The molecule has 0 unspecified atom stereocenters. The number of fused-ring (bicyclic) bond motifs is 1. The maximum absolute atomic E-state index is 12.3. The molecule has 0 aliphatic carbocycles. The number of ether oxygens (including phenoxy) is 1. The third-order valence-electron chi connectivity index (χ3n) is 4.20. The monoisotopic (exact) mass is 410 g/mol. The van der Waals surface area contributed by atoms with Crippen molar-refractivity contribution in [2.24, 2.45) is 0 Å². The van der Waals surface area contributed by atoms with Crippen LogP contribution < -0.4 is 5.32 Å². The summed E-state index contributed by atoms with van der Waals surface area (Å²) in [6.45, 7) is 5.72. The highest BCUT2D eigenvalue weighted by molar-refractivity contribution is 6.21. The molecule has 8 heteroatoms. The topological polar surface area (TPSA) is 102 Å². The van der Waals surface area contributed by atoms with E-state index in [4.69, 9.17) is 9.57 Å². The molecule has 0 saturated heterocycles. The van der Waals surface area contributed by atoms with Gasteiger partial charge in [-0.25, -0.2) is 9.59 Å². The van der Waals surface area contributed by atoms with Gasteiger partial charge in [-0.1, -0.05) is 29.3 Å². The second-order valence-corrected chi connectivity index (χ2v) is 7.70. The minimum Gasteiger partial charge on any atom is -0.444 e. The minimum absolute atomic E-state index is 0.190. The molecule has 0 fully saturated rings. The van der Waals surface area contributed by atoms with E-state index in [1.54, 1.807) is 45.0 Å². The van der Waals surface area contributed by atoms with Crippen LogP contribution in [-0.2, 0) is 16.0 Å². The maximum Gasteiger partial charge on any atom is 0.407 e. The Morgan fingerprint density at radius 1 is 0.933 bits per heavy atom. The first-order valence-electron chi connectivity index (χ1n) is 9.41. The molecule has 1 heterocycles. The Morgan fingerprint density at radius 3 is 2.03 bits per heavy atom. The van der Waals surface area contributed by atoms with E-state index in [1.807, 2.05) is 0 Å². The Morgan fingerprint density at radius 2 is 1.50 bits per heavy atom. The standard InChI is InChI=1S/C22H22N2O6/c1-22(2,3)29-21(28)23-13-12-14-8-10-15(11-9-14)20(27)30-24-18(25)16-6-4-5-7-17(16)19(24)26/h4-11H,12-13H2,1-3H3,(H,23,28). The lowest BCUT2D eigenvalue weighted by Gasteiger charge is -2.19. The van der Waals surface area contributed by atoms with Gasteiger partial charge in [-0.2, -0.15) is 0 Å². The van der Waals surface area contributed by atoms with Crippen LogP contribution >= 0.6 is 0 Å². The van der Waals surface area contributed by atoms with Crippen molar-refractivity contribution in [2.75, 3.05) is 6.54 Å². The zero-order valence-corrected chi connectivity index (χ0v) is 16.9. The fourth-order valence-electron chi connectivity index (χ4n) is 2.82. The molecule has 1 N–H and O–H groups in total. The molecule has 2 aromatic carbocycles. The van der Waals surface area contributed by atoms with Gasteiger partial charge < -0.3 is 14.9 Å². The molecular formula is C22H22N2O6. The maximum atomic E-state index is 12.3. The van der Waals surface area contributed by atoms with Crippen LogP contribution in [0.15, 0.2) is 48.5 Å². The largest absolute Gasteiger partial charge is 0.444 e. The van der Waals surface area contributed by atoms with Crippen molar-refractivity contribution in [3.05, 3.63) is 70.8 Å². The summed E-state index contributed by atoms with van der Waals surface area (Å²) in [5.74, 6) is -2.16. The summed E-state index contributed by atoms with van der Waals surface area (Å²) < 4.78 is 5.16. The first-order valence-corrected chi connectivity index (χ1v) is 9.41. The Hall–Kier alpha value is -3.68. The zero-order chi connectivity index (χ0) is 21.9. The molecule has 30 heavy (non-hydrogen) atoms. The molecule has 3 rings (SSSR count). The Bertz CT molecular complexity index is 956. The fraction of sp³-hybridized carbons (Fsp3) is 0.273. The van der Waals surface area contributed by atoms with Crippen LogP contribution in [0.4, 0.5) is 4.79 Å². The molecule has 0 aromatic heterocycles. The van der Waals surface area contributed by atoms with E-state index in [-0.39, 0.29) is 16.7 Å². The molecule has 0 bridgehead atoms. The minimum atomic E-state index is -0.817. The average Bonchev–Trinajstić information content (AvgIpc) is 2.92. The number of carbonyl (C=O) groups is 4. The molecule has 1 aliphatic rings. The number of hydrogen-bond acceptors (Lipinski definition) is 6. The number of carbonyl (C=O) groups excluding carboxylic acids is 4. The van der Waals surface area contributed by atoms with E-state index in [2.05, 4.69) is 5.32 Å². The van der Waals surface area contributed by atoms with Crippen molar-refractivity contribution >= 4 is 23.9 Å². The quantitative estimate of drug-likeness (QED) is 0.760. The average molecular weight is 410 g/mol. The van der Waals surface area contributed by atoms with E-state index in [0.717, 1.165) is 5.56 Å². The number of nitrogens with one attached hydrogen (secondary N) is 1. The number of nitrogens with zero attached hydrogens (tertiary/aromatic N) is 1. The third kappa shape index (κ3) is 4.83. The predicted molar refractivity (Wildman–Crippen MR) is 107 cm³/mol. The Labute approximate surface area is 173 Å². The number of hydrogen-bond donors (Lipinski definition) is 1. The van der Waals surface area contributed by atoms with Gasteiger partial charge in [-0.05, 0) is 57.0 Å². The van der Waals surface area contributed by atoms with Crippen molar-refractivity contribution < 1.29 is 28.8 Å². The van der Waals surface area contributed by atoms with E-state index in [0.29, 0.717) is 18.0 Å². The highest BCUT2D eigenvalue weighted by Gasteiger charge is 2.38. The van der Waals surface area contributed by atoms with Crippen LogP contribution in [-0.4, -0.2) is 41.1 Å². The number of rotatable bonds is 5. The molecule has 8 nitrogen and oxygen atoms in total. The second kappa shape index (κ2) is 8.36. The van der Waals surface area contributed by atoms with E-state index in [9.17, 15) is 19.2 Å². The molecule has 1 aliphatic heterocycles. The van der Waals surface area contributed by atoms with E-state index < -0.39 is 29.5 Å². The van der Waals surface area contributed by atoms with Crippen LogP contribution in [0.25, 0.3) is 0 Å². The van der Waals surface area contributed by atoms with Gasteiger partial charge >= 0.3 is 12.1 Å². The first kappa shape index (κ1) is 21.0. The summed E-state index contributed by atoms with van der Waals surface area (Å²) in [6.07, 6.45) is 0.0381. The first-order chi connectivity index (χ1) is 14.2. The summed E-state index contributed by atoms with van der Waals surface area (Å²) in [6, 6.07) is 12.7. The van der Waals surface area contributed by atoms with Gasteiger partial charge in [0, 0.05) is 6.54 Å². The van der Waals surface area contributed by atoms with Gasteiger partial charge in [-0.3, -0.25) is 9.59 Å². The van der Waals surface area contributed by atoms with Gasteiger partial charge in [-0.15, -0.1) is 0 Å². The molecular weight excluding hydrogens is 388 g/mol. The molecule has 0 radical (unpaired) electrons. The van der Waals surface area contributed by atoms with Crippen LogP contribution in [0.1, 0.15) is 57.4 Å². The fourth-order valence-corrected chi connectivity index (χ4v) is 2.82. The molecule has 0 spiro atoms. The summed E-state index contributed by atoms with van der Waals surface area (Å²) in [7, 11) is 0. The van der Waals surface area contributed by atoms with Crippen molar-refractivity contribution in [2.45, 2.75) is 32.8 Å². The van der Waals surface area contributed by atoms with Crippen molar-refractivity contribution in [3.8, 4) is 0 Å². The number of hydroxylamine groups is 2. The van der Waals surface area contributed by atoms with Crippen LogP contribution in [0.2, 0.25) is 0 Å². The highest BCUT2D eigenvalue weighted by Crippen LogP contribution is 2.23. The Balaban J connectivity index is 1.54. The lowest BCUT2D eigenvalue weighted by molar-refractivity contribution is -0.0584. The Kier molecular flexibility index (Phi) is 5.86. The number of alkyl carbamates (subject to hydrolysis) is 1. The summed E-state index contributed by atoms with van der Waals surface area (Å²) in [5.41, 5.74) is 0.899. The van der Waals surface area contributed by atoms with Gasteiger partial charge in [0.25, 0.3) is 11.8 Å². The van der Waals surface area contributed by atoms with Crippen LogP contribution in [0.5, 0.6) is 0 Å². The third-order valence-corrected chi connectivity index (χ3v) is 4.20. The molecule has 0 saturated carbocycles. The van der Waals surface area contributed by atoms with Gasteiger partial charge in [0.1, 0.15) is 5.60 Å². The molecule has 0 atom stereocenters. The van der Waals surface area contributed by atoms with Crippen molar-refractivity contribution in [1.29, 1.82) is 0 Å². The van der Waals surface area contributed by atoms with Gasteiger partial charge in [0.05, 0.1) is 16.7 Å². The van der Waals surface area contributed by atoms with Crippen LogP contribution in [0.3, 0.4) is 0 Å². The normalized spacial score (nSPS) is 13.1. The lowest BCUT2D eigenvalue weighted by Crippen LogP contribution is -2.33. The molecule has 156 valence electrons. The van der Waals surface area contributed by atoms with Crippen molar-refractivity contribution in [1.82, 2.24) is 10.4 Å². The molecule has 3 amide bonds. The SMILES string of the molecule is CC(C)(C)OC(=O)NCCc1ccc(C(=O)ON2C(=O)c3ccccc3C2=O)cc1. The van der Waals surface area contributed by atoms with Crippen LogP contribution in [0, 0.1) is 0 Å². The highest BCUT2D eigenvalue weighted by atomic mass is 16.7. The van der Waals surface area contributed by atoms with Gasteiger partial charge in [0.2, 0.25) is 0 Å². The summed E-state index contributed by atoms with van der Waals surface area (Å²) >= 11 is 0. The summed E-state index contributed by atoms with van der Waals surface area (Å²) in [5, 5.41) is 3.14. The van der Waals surface area contributed by atoms with Crippen molar-refractivity contribution in [3.63, 3.8) is 0 Å². The second-order valence-electron chi connectivity index (χ2n) is 7.70. The van der Waals surface area contributed by atoms with E-state index >= 15 is 0 Å². The predicted octanol–water partition coefficient (Wildman–Crippen LogP) is 3.12. The lowest BCUT2D eigenvalue weighted by atomic mass is 10.1.